The standard InChI is InChI=1S/C17H20FN3O/c1-17(2,3)15(11-4-6-12(18)7-5-11)21-16(22)14-9-8-13(19)10-20-14/h4-10,15H,19H2,1-3H3,(H,21,22). The largest absolute Gasteiger partial charge is 0.397 e. The van der Waals surface area contributed by atoms with Gasteiger partial charge in [0.25, 0.3) is 5.91 Å². The van der Waals surface area contributed by atoms with Crippen LogP contribution >= 0.6 is 0 Å². The number of nitrogen functional groups attached to an aromatic ring is 1. The molecule has 0 saturated heterocycles. The Morgan fingerprint density at radius 3 is 2.32 bits per heavy atom. The zero-order valence-electron chi connectivity index (χ0n) is 12.9. The van der Waals surface area contributed by atoms with Crippen molar-refractivity contribution >= 4 is 11.6 Å². The van der Waals surface area contributed by atoms with Crippen LogP contribution in [0.2, 0.25) is 0 Å². The van der Waals surface area contributed by atoms with Crippen LogP contribution in [0.3, 0.4) is 0 Å². The fourth-order valence-electron chi connectivity index (χ4n) is 2.20. The van der Waals surface area contributed by atoms with E-state index in [-0.39, 0.29) is 23.2 Å². The van der Waals surface area contributed by atoms with Gasteiger partial charge in [-0.3, -0.25) is 4.79 Å². The van der Waals surface area contributed by atoms with E-state index in [9.17, 15) is 9.18 Å². The first kappa shape index (κ1) is 15.9. The third-order valence-corrected chi connectivity index (χ3v) is 3.36. The summed E-state index contributed by atoms with van der Waals surface area (Å²) < 4.78 is 13.1. The van der Waals surface area contributed by atoms with Crippen molar-refractivity contribution in [2.75, 3.05) is 5.73 Å². The number of hydrogen-bond donors (Lipinski definition) is 2. The zero-order chi connectivity index (χ0) is 16.3. The number of anilines is 1. The Morgan fingerprint density at radius 1 is 1.18 bits per heavy atom. The van der Waals surface area contributed by atoms with Gasteiger partial charge in [0.05, 0.1) is 17.9 Å². The molecule has 0 saturated carbocycles. The van der Waals surface area contributed by atoms with Gasteiger partial charge in [0, 0.05) is 0 Å². The van der Waals surface area contributed by atoms with E-state index in [1.165, 1.54) is 18.3 Å². The minimum Gasteiger partial charge on any atom is -0.397 e. The fraction of sp³-hybridized carbons (Fsp3) is 0.294. The van der Waals surface area contributed by atoms with Crippen molar-refractivity contribution in [1.29, 1.82) is 0 Å². The van der Waals surface area contributed by atoms with Gasteiger partial charge in [-0.1, -0.05) is 32.9 Å². The molecule has 0 aliphatic carbocycles. The predicted molar refractivity (Wildman–Crippen MR) is 84.7 cm³/mol. The maximum Gasteiger partial charge on any atom is 0.270 e. The van der Waals surface area contributed by atoms with Gasteiger partial charge in [0.15, 0.2) is 0 Å². The summed E-state index contributed by atoms with van der Waals surface area (Å²) in [6.45, 7) is 6.03. The van der Waals surface area contributed by atoms with Crippen molar-refractivity contribution < 1.29 is 9.18 Å². The number of benzene rings is 1. The lowest BCUT2D eigenvalue weighted by atomic mass is 9.82. The lowest BCUT2D eigenvalue weighted by molar-refractivity contribution is 0.0896. The lowest BCUT2D eigenvalue weighted by Gasteiger charge is -2.32. The van der Waals surface area contributed by atoms with Crippen molar-refractivity contribution in [1.82, 2.24) is 10.3 Å². The predicted octanol–water partition coefficient (Wildman–Crippen LogP) is 3.32. The smallest absolute Gasteiger partial charge is 0.270 e. The van der Waals surface area contributed by atoms with E-state index in [1.54, 1.807) is 24.3 Å². The first-order chi connectivity index (χ1) is 10.3. The van der Waals surface area contributed by atoms with Gasteiger partial charge < -0.3 is 11.1 Å². The van der Waals surface area contributed by atoms with Crippen LogP contribution in [-0.2, 0) is 0 Å². The number of nitrogens with two attached hydrogens (primary N) is 1. The topological polar surface area (TPSA) is 68.0 Å². The van der Waals surface area contributed by atoms with Crippen LogP contribution < -0.4 is 11.1 Å². The second-order valence-electron chi connectivity index (χ2n) is 6.30. The zero-order valence-corrected chi connectivity index (χ0v) is 12.9. The molecule has 4 nitrogen and oxygen atoms in total. The molecule has 0 spiro atoms. The number of carbonyl (C=O) groups excluding carboxylic acids is 1. The summed E-state index contributed by atoms with van der Waals surface area (Å²) >= 11 is 0. The van der Waals surface area contributed by atoms with Gasteiger partial charge >= 0.3 is 0 Å². The van der Waals surface area contributed by atoms with Gasteiger partial charge in [-0.25, -0.2) is 9.37 Å². The first-order valence-corrected chi connectivity index (χ1v) is 7.05. The van der Waals surface area contributed by atoms with Crippen LogP contribution in [0.5, 0.6) is 0 Å². The molecule has 0 aliphatic heterocycles. The van der Waals surface area contributed by atoms with Crippen molar-refractivity contribution in [3.63, 3.8) is 0 Å². The minimum atomic E-state index is -0.303. The summed E-state index contributed by atoms with van der Waals surface area (Å²) in [5.41, 5.74) is 6.98. The summed E-state index contributed by atoms with van der Waals surface area (Å²) in [6.07, 6.45) is 1.44. The van der Waals surface area contributed by atoms with Crippen LogP contribution in [0.15, 0.2) is 42.6 Å². The third-order valence-electron chi connectivity index (χ3n) is 3.36. The lowest BCUT2D eigenvalue weighted by Crippen LogP contribution is -2.37. The number of hydrogen-bond acceptors (Lipinski definition) is 3. The summed E-state index contributed by atoms with van der Waals surface area (Å²) in [5.74, 6) is -0.591. The summed E-state index contributed by atoms with van der Waals surface area (Å²) in [7, 11) is 0. The van der Waals surface area contributed by atoms with Crippen molar-refractivity contribution in [2.24, 2.45) is 5.41 Å². The minimum absolute atomic E-state index is 0.235. The average Bonchev–Trinajstić information content (AvgIpc) is 2.45. The highest BCUT2D eigenvalue weighted by molar-refractivity contribution is 5.92. The van der Waals surface area contributed by atoms with Gasteiger partial charge in [-0.2, -0.15) is 0 Å². The molecular weight excluding hydrogens is 281 g/mol. The van der Waals surface area contributed by atoms with E-state index >= 15 is 0 Å². The molecule has 2 rings (SSSR count). The Bertz CT molecular complexity index is 645. The molecule has 1 aromatic carbocycles. The van der Waals surface area contributed by atoms with Gasteiger partial charge in [0.2, 0.25) is 0 Å². The molecule has 0 aliphatic rings. The molecule has 0 fully saturated rings. The Labute approximate surface area is 129 Å². The molecule has 1 heterocycles. The third kappa shape index (κ3) is 3.81. The van der Waals surface area contributed by atoms with E-state index in [0.717, 1.165) is 5.56 Å². The average molecular weight is 301 g/mol. The fourth-order valence-corrected chi connectivity index (χ4v) is 2.20. The number of rotatable bonds is 3. The Balaban J connectivity index is 2.25. The monoisotopic (exact) mass is 301 g/mol. The number of pyridine rings is 1. The van der Waals surface area contributed by atoms with E-state index in [4.69, 9.17) is 5.73 Å². The number of nitrogens with one attached hydrogen (secondary N) is 1. The van der Waals surface area contributed by atoms with Crippen LogP contribution in [0, 0.1) is 11.2 Å². The summed E-state index contributed by atoms with van der Waals surface area (Å²) in [6, 6.07) is 9.09. The second kappa shape index (κ2) is 6.13. The number of nitrogens with zero attached hydrogens (tertiary/aromatic N) is 1. The van der Waals surface area contributed by atoms with Crippen molar-refractivity contribution in [3.05, 3.63) is 59.7 Å². The van der Waals surface area contributed by atoms with Gasteiger partial charge in [-0.05, 0) is 35.2 Å². The molecule has 1 aromatic heterocycles. The maximum atomic E-state index is 13.1. The molecule has 0 radical (unpaired) electrons. The molecule has 0 bridgehead atoms. The molecule has 1 amide bonds. The second-order valence-corrected chi connectivity index (χ2v) is 6.30. The van der Waals surface area contributed by atoms with E-state index in [1.807, 2.05) is 20.8 Å². The van der Waals surface area contributed by atoms with Crippen LogP contribution in [0.1, 0.15) is 42.9 Å². The van der Waals surface area contributed by atoms with E-state index in [0.29, 0.717) is 11.4 Å². The van der Waals surface area contributed by atoms with Crippen molar-refractivity contribution in [3.8, 4) is 0 Å². The van der Waals surface area contributed by atoms with Crippen LogP contribution in [-0.4, -0.2) is 10.9 Å². The maximum absolute atomic E-state index is 13.1. The van der Waals surface area contributed by atoms with Gasteiger partial charge in [-0.15, -0.1) is 0 Å². The summed E-state index contributed by atoms with van der Waals surface area (Å²) in [5, 5.41) is 2.96. The molecule has 3 N–H and O–H groups in total. The Hall–Kier alpha value is -2.43. The number of halogens is 1. The van der Waals surface area contributed by atoms with Crippen LogP contribution in [0.4, 0.5) is 10.1 Å². The quantitative estimate of drug-likeness (QED) is 0.913. The summed E-state index contributed by atoms with van der Waals surface area (Å²) in [4.78, 5) is 16.4. The SMILES string of the molecule is CC(C)(C)C(NC(=O)c1ccc(N)cn1)c1ccc(F)cc1. The highest BCUT2D eigenvalue weighted by Crippen LogP contribution is 2.33. The molecule has 5 heteroatoms. The highest BCUT2D eigenvalue weighted by atomic mass is 19.1. The molecule has 22 heavy (non-hydrogen) atoms. The first-order valence-electron chi connectivity index (χ1n) is 7.05. The van der Waals surface area contributed by atoms with E-state index in [2.05, 4.69) is 10.3 Å². The van der Waals surface area contributed by atoms with Crippen molar-refractivity contribution in [2.45, 2.75) is 26.8 Å². The Kier molecular flexibility index (Phi) is 4.45. The highest BCUT2D eigenvalue weighted by Gasteiger charge is 2.28. The van der Waals surface area contributed by atoms with Gasteiger partial charge in [0.1, 0.15) is 11.5 Å². The van der Waals surface area contributed by atoms with Crippen LogP contribution in [0.25, 0.3) is 0 Å². The number of aromatic nitrogens is 1. The molecular formula is C17H20FN3O. The molecule has 1 unspecified atom stereocenters. The normalized spacial score (nSPS) is 12.7. The number of carbonyl (C=O) groups is 1. The number of amides is 1. The molecule has 2 aromatic rings. The van der Waals surface area contributed by atoms with E-state index < -0.39 is 0 Å². The molecule has 1 atom stereocenters. The Morgan fingerprint density at radius 2 is 1.82 bits per heavy atom. The molecule has 116 valence electrons.